The fraction of sp³-hybridized carbons (Fsp3) is 0.600. The molecule has 0 amide bonds. The molecule has 1 aliphatic heterocycles. The second-order valence-corrected chi connectivity index (χ2v) is 6.00. The van der Waals surface area contributed by atoms with Crippen LogP contribution in [0.15, 0.2) is 18.2 Å². The zero-order valence-electron chi connectivity index (χ0n) is 11.6. The Morgan fingerprint density at radius 3 is 2.63 bits per heavy atom. The van der Waals surface area contributed by atoms with Crippen molar-refractivity contribution in [2.75, 3.05) is 26.2 Å². The second kappa shape index (κ2) is 6.69. The monoisotopic (exact) mass is 284 g/mol. The Morgan fingerprint density at radius 1 is 1.32 bits per heavy atom. The molecule has 1 aliphatic rings. The topological polar surface area (TPSA) is 15.3 Å². The molecule has 1 aromatic carbocycles. The van der Waals surface area contributed by atoms with E-state index in [0.717, 1.165) is 38.2 Å². The predicted octanol–water partition coefficient (Wildman–Crippen LogP) is 3.47. The van der Waals surface area contributed by atoms with Gasteiger partial charge >= 0.3 is 0 Å². The Morgan fingerprint density at radius 2 is 2.00 bits per heavy atom. The van der Waals surface area contributed by atoms with E-state index in [2.05, 4.69) is 24.1 Å². The van der Waals surface area contributed by atoms with Crippen LogP contribution in [0.4, 0.5) is 4.39 Å². The molecule has 1 heterocycles. The van der Waals surface area contributed by atoms with Crippen LogP contribution >= 0.6 is 11.6 Å². The zero-order chi connectivity index (χ0) is 13.8. The first kappa shape index (κ1) is 14.8. The molecule has 0 aliphatic carbocycles. The molecule has 0 saturated carbocycles. The average molecular weight is 285 g/mol. The van der Waals surface area contributed by atoms with Gasteiger partial charge in [0, 0.05) is 37.2 Å². The fourth-order valence-corrected chi connectivity index (χ4v) is 2.93. The maximum atomic E-state index is 13.5. The van der Waals surface area contributed by atoms with Crippen molar-refractivity contribution in [3.63, 3.8) is 0 Å². The molecule has 0 unspecified atom stereocenters. The van der Waals surface area contributed by atoms with Crippen LogP contribution in [0.3, 0.4) is 0 Å². The lowest BCUT2D eigenvalue weighted by Crippen LogP contribution is -2.45. The number of halogens is 2. The van der Waals surface area contributed by atoms with Gasteiger partial charge in [0.15, 0.2) is 0 Å². The minimum atomic E-state index is -0.205. The Bertz CT molecular complexity index is 417. The van der Waals surface area contributed by atoms with Gasteiger partial charge in [-0.2, -0.15) is 0 Å². The van der Waals surface area contributed by atoms with E-state index in [1.807, 2.05) is 0 Å². The summed E-state index contributed by atoms with van der Waals surface area (Å²) >= 11 is 6.28. The summed E-state index contributed by atoms with van der Waals surface area (Å²) in [5.74, 6) is 0.350. The van der Waals surface area contributed by atoms with Gasteiger partial charge in [-0.1, -0.05) is 25.4 Å². The number of hydrogen-bond donors (Lipinski definition) is 1. The summed E-state index contributed by atoms with van der Waals surface area (Å²) in [5, 5.41) is 4.02. The van der Waals surface area contributed by atoms with Crippen LogP contribution in [-0.4, -0.2) is 31.1 Å². The molecule has 1 aromatic rings. The van der Waals surface area contributed by atoms with Crippen molar-refractivity contribution >= 4 is 11.6 Å². The molecular formula is C15H22ClFN2. The largest absolute Gasteiger partial charge is 0.314 e. The van der Waals surface area contributed by atoms with E-state index in [1.54, 1.807) is 12.1 Å². The van der Waals surface area contributed by atoms with Crippen molar-refractivity contribution in [1.82, 2.24) is 10.2 Å². The smallest absolute Gasteiger partial charge is 0.123 e. The average Bonchev–Trinajstić information content (AvgIpc) is 2.40. The minimum Gasteiger partial charge on any atom is -0.314 e. The third-order valence-electron chi connectivity index (χ3n) is 3.60. The van der Waals surface area contributed by atoms with Gasteiger partial charge in [-0.3, -0.25) is 4.90 Å². The maximum Gasteiger partial charge on any atom is 0.123 e. The van der Waals surface area contributed by atoms with Crippen molar-refractivity contribution < 1.29 is 4.39 Å². The van der Waals surface area contributed by atoms with Crippen LogP contribution in [-0.2, 0) is 0 Å². The van der Waals surface area contributed by atoms with Gasteiger partial charge in [-0.15, -0.1) is 0 Å². The number of hydrogen-bond acceptors (Lipinski definition) is 2. The highest BCUT2D eigenvalue weighted by molar-refractivity contribution is 6.31. The molecule has 1 N–H and O–H groups in total. The van der Waals surface area contributed by atoms with E-state index in [9.17, 15) is 4.39 Å². The van der Waals surface area contributed by atoms with E-state index in [0.29, 0.717) is 10.9 Å². The molecule has 0 aromatic heterocycles. The van der Waals surface area contributed by atoms with Crippen molar-refractivity contribution in [2.24, 2.45) is 5.92 Å². The Labute approximate surface area is 119 Å². The lowest BCUT2D eigenvalue weighted by Gasteiger charge is -2.36. The highest BCUT2D eigenvalue weighted by Crippen LogP contribution is 2.33. The molecule has 0 bridgehead atoms. The molecule has 106 valence electrons. The standard InChI is InChI=1S/C15H22ClFN2/c1-11(2)9-15(19-7-5-18-6-8-19)13-10-12(17)3-4-14(13)16/h3-4,10-11,15,18H,5-9H2,1-2H3/t15-/m0/s1. The van der Waals surface area contributed by atoms with Crippen LogP contribution in [0.2, 0.25) is 5.02 Å². The Hall–Kier alpha value is -0.640. The van der Waals surface area contributed by atoms with E-state index >= 15 is 0 Å². The summed E-state index contributed by atoms with van der Waals surface area (Å²) in [7, 11) is 0. The molecule has 0 radical (unpaired) electrons. The summed E-state index contributed by atoms with van der Waals surface area (Å²) < 4.78 is 13.5. The van der Waals surface area contributed by atoms with Gasteiger partial charge < -0.3 is 5.32 Å². The number of rotatable bonds is 4. The molecule has 2 nitrogen and oxygen atoms in total. The van der Waals surface area contributed by atoms with Crippen LogP contribution < -0.4 is 5.32 Å². The number of piperazine rings is 1. The molecule has 2 rings (SSSR count). The van der Waals surface area contributed by atoms with Crippen molar-refractivity contribution in [3.05, 3.63) is 34.6 Å². The first-order valence-corrected chi connectivity index (χ1v) is 7.35. The second-order valence-electron chi connectivity index (χ2n) is 5.60. The Balaban J connectivity index is 2.27. The number of nitrogens with zero attached hydrogens (tertiary/aromatic N) is 1. The lowest BCUT2D eigenvalue weighted by atomic mass is 9.95. The van der Waals surface area contributed by atoms with E-state index in [4.69, 9.17) is 11.6 Å². The predicted molar refractivity (Wildman–Crippen MR) is 78.0 cm³/mol. The SMILES string of the molecule is CC(C)C[C@@H](c1cc(F)ccc1Cl)N1CCNCC1. The van der Waals surface area contributed by atoms with Gasteiger partial charge in [0.1, 0.15) is 5.82 Å². The third kappa shape index (κ3) is 3.91. The molecule has 1 fully saturated rings. The highest BCUT2D eigenvalue weighted by atomic mass is 35.5. The summed E-state index contributed by atoms with van der Waals surface area (Å²) in [6, 6.07) is 4.90. The van der Waals surface area contributed by atoms with E-state index < -0.39 is 0 Å². The minimum absolute atomic E-state index is 0.205. The summed E-state index contributed by atoms with van der Waals surface area (Å²) in [4.78, 5) is 2.41. The van der Waals surface area contributed by atoms with Crippen molar-refractivity contribution in [1.29, 1.82) is 0 Å². The van der Waals surface area contributed by atoms with Gasteiger partial charge in [0.05, 0.1) is 0 Å². The van der Waals surface area contributed by atoms with E-state index in [1.165, 1.54) is 6.07 Å². The van der Waals surface area contributed by atoms with Crippen molar-refractivity contribution in [2.45, 2.75) is 26.3 Å². The molecule has 19 heavy (non-hydrogen) atoms. The van der Waals surface area contributed by atoms with Crippen LogP contribution in [0.1, 0.15) is 31.9 Å². The first-order chi connectivity index (χ1) is 9.08. The summed E-state index contributed by atoms with van der Waals surface area (Å²) in [5.41, 5.74) is 0.928. The number of benzene rings is 1. The van der Waals surface area contributed by atoms with Gasteiger partial charge in [-0.25, -0.2) is 4.39 Å². The van der Waals surface area contributed by atoms with Crippen LogP contribution in [0, 0.1) is 11.7 Å². The quantitative estimate of drug-likeness (QED) is 0.911. The van der Waals surface area contributed by atoms with Gasteiger partial charge in [-0.05, 0) is 36.1 Å². The molecular weight excluding hydrogens is 263 g/mol. The number of nitrogens with one attached hydrogen (secondary N) is 1. The zero-order valence-corrected chi connectivity index (χ0v) is 12.4. The fourth-order valence-electron chi connectivity index (χ4n) is 2.68. The summed E-state index contributed by atoms with van der Waals surface area (Å²) in [6.45, 7) is 8.35. The van der Waals surface area contributed by atoms with Gasteiger partial charge in [0.25, 0.3) is 0 Å². The van der Waals surface area contributed by atoms with Crippen LogP contribution in [0.5, 0.6) is 0 Å². The van der Waals surface area contributed by atoms with Crippen LogP contribution in [0.25, 0.3) is 0 Å². The normalized spacial score (nSPS) is 18.8. The Kier molecular flexibility index (Phi) is 5.20. The lowest BCUT2D eigenvalue weighted by molar-refractivity contribution is 0.154. The van der Waals surface area contributed by atoms with E-state index in [-0.39, 0.29) is 11.9 Å². The maximum absolute atomic E-state index is 13.5. The molecule has 4 heteroatoms. The highest BCUT2D eigenvalue weighted by Gasteiger charge is 2.25. The first-order valence-electron chi connectivity index (χ1n) is 6.97. The molecule has 0 spiro atoms. The molecule has 1 atom stereocenters. The van der Waals surface area contributed by atoms with Gasteiger partial charge in [0.2, 0.25) is 0 Å². The third-order valence-corrected chi connectivity index (χ3v) is 3.95. The summed E-state index contributed by atoms with van der Waals surface area (Å²) in [6.07, 6.45) is 1.00. The van der Waals surface area contributed by atoms with Crippen molar-refractivity contribution in [3.8, 4) is 0 Å². The molecule has 1 saturated heterocycles.